The van der Waals surface area contributed by atoms with E-state index in [0.29, 0.717) is 24.0 Å². The molecule has 0 saturated carbocycles. The van der Waals surface area contributed by atoms with Gasteiger partial charge in [-0.2, -0.15) is 0 Å². The average Bonchev–Trinajstić information content (AvgIpc) is 3.14. The van der Waals surface area contributed by atoms with Crippen molar-refractivity contribution in [1.82, 2.24) is 9.97 Å². The predicted octanol–water partition coefficient (Wildman–Crippen LogP) is 3.44. The van der Waals surface area contributed by atoms with E-state index in [0.717, 1.165) is 30.7 Å². The van der Waals surface area contributed by atoms with Crippen LogP contribution in [0.25, 0.3) is 0 Å². The van der Waals surface area contributed by atoms with E-state index < -0.39 is 0 Å². The van der Waals surface area contributed by atoms with E-state index >= 15 is 0 Å². The fraction of sp³-hybridized carbons (Fsp3) is 0.421. The third kappa shape index (κ3) is 4.54. The lowest BCUT2D eigenvalue weighted by atomic mass is 10.0. The van der Waals surface area contributed by atoms with Crippen molar-refractivity contribution >= 4 is 17.5 Å². The van der Waals surface area contributed by atoms with Gasteiger partial charge in [0.2, 0.25) is 5.95 Å². The molecule has 2 aromatic rings. The number of ether oxygens (including phenoxy) is 1. The van der Waals surface area contributed by atoms with Gasteiger partial charge >= 0.3 is 0 Å². The molecule has 1 unspecified atom stereocenters. The fourth-order valence-electron chi connectivity index (χ4n) is 2.86. The minimum Gasteiger partial charge on any atom is -0.376 e. The van der Waals surface area contributed by atoms with Gasteiger partial charge in [-0.1, -0.05) is 32.0 Å². The summed E-state index contributed by atoms with van der Waals surface area (Å²) in [6.45, 7) is 5.71. The minimum atomic E-state index is -0.209. The van der Waals surface area contributed by atoms with Crippen LogP contribution in [0, 0.1) is 0 Å². The molecule has 2 N–H and O–H groups in total. The number of aromatic nitrogens is 2. The van der Waals surface area contributed by atoms with E-state index in [2.05, 4.69) is 34.4 Å². The van der Waals surface area contributed by atoms with Crippen molar-refractivity contribution in [3.05, 3.63) is 47.8 Å². The smallest absolute Gasteiger partial charge is 0.258 e. The summed E-state index contributed by atoms with van der Waals surface area (Å²) >= 11 is 0. The Balaban J connectivity index is 1.61. The summed E-state index contributed by atoms with van der Waals surface area (Å²) in [6.07, 6.45) is 5.46. The molecule has 0 spiro atoms. The maximum absolute atomic E-state index is 12.4. The first-order valence-corrected chi connectivity index (χ1v) is 8.71. The molecule has 0 bridgehead atoms. The SMILES string of the molecule is CC(C)c1ccccc1NC(=O)c1cnc(NCC2CCCO2)nc1. The van der Waals surface area contributed by atoms with Crippen LogP contribution in [0.3, 0.4) is 0 Å². The molecule has 0 radical (unpaired) electrons. The zero-order chi connectivity index (χ0) is 17.6. The molecule has 1 saturated heterocycles. The van der Waals surface area contributed by atoms with Gasteiger partial charge in [-0.05, 0) is 30.4 Å². The lowest BCUT2D eigenvalue weighted by molar-refractivity contribution is 0.102. The average molecular weight is 340 g/mol. The van der Waals surface area contributed by atoms with Gasteiger partial charge in [0.1, 0.15) is 0 Å². The maximum Gasteiger partial charge on any atom is 0.258 e. The lowest BCUT2D eigenvalue weighted by Gasteiger charge is -2.13. The summed E-state index contributed by atoms with van der Waals surface area (Å²) in [5.41, 5.74) is 2.36. The number of nitrogens with one attached hydrogen (secondary N) is 2. The molecule has 1 aromatic carbocycles. The molecule has 1 aromatic heterocycles. The Morgan fingerprint density at radius 3 is 2.72 bits per heavy atom. The highest BCUT2D eigenvalue weighted by molar-refractivity contribution is 6.04. The quantitative estimate of drug-likeness (QED) is 0.842. The van der Waals surface area contributed by atoms with E-state index in [1.165, 1.54) is 12.4 Å². The largest absolute Gasteiger partial charge is 0.376 e. The number of amides is 1. The van der Waals surface area contributed by atoms with Crippen LogP contribution >= 0.6 is 0 Å². The van der Waals surface area contributed by atoms with E-state index in [-0.39, 0.29) is 12.0 Å². The molecule has 25 heavy (non-hydrogen) atoms. The second kappa shape index (κ2) is 8.07. The van der Waals surface area contributed by atoms with Crippen molar-refractivity contribution in [2.75, 3.05) is 23.8 Å². The molecular formula is C19H24N4O2. The summed E-state index contributed by atoms with van der Waals surface area (Å²) in [6, 6.07) is 7.82. The minimum absolute atomic E-state index is 0.209. The first-order valence-electron chi connectivity index (χ1n) is 8.71. The van der Waals surface area contributed by atoms with Crippen LogP contribution in [0.15, 0.2) is 36.7 Å². The zero-order valence-corrected chi connectivity index (χ0v) is 14.7. The number of hydrogen-bond donors (Lipinski definition) is 2. The summed E-state index contributed by atoms with van der Waals surface area (Å²) in [5.74, 6) is 0.630. The third-order valence-electron chi connectivity index (χ3n) is 4.26. The molecule has 2 heterocycles. The lowest BCUT2D eigenvalue weighted by Crippen LogP contribution is -2.20. The molecule has 1 aliphatic rings. The molecule has 0 aliphatic carbocycles. The second-order valence-electron chi connectivity index (χ2n) is 6.51. The Morgan fingerprint density at radius 2 is 2.04 bits per heavy atom. The Kier molecular flexibility index (Phi) is 5.60. The second-order valence-corrected chi connectivity index (χ2v) is 6.51. The summed E-state index contributed by atoms with van der Waals surface area (Å²) in [5, 5.41) is 6.09. The highest BCUT2D eigenvalue weighted by Crippen LogP contribution is 2.24. The van der Waals surface area contributed by atoms with Crippen molar-refractivity contribution < 1.29 is 9.53 Å². The Labute approximate surface area is 148 Å². The number of hydrogen-bond acceptors (Lipinski definition) is 5. The number of benzene rings is 1. The molecule has 1 fully saturated rings. The van der Waals surface area contributed by atoms with Crippen LogP contribution in [0.5, 0.6) is 0 Å². The highest BCUT2D eigenvalue weighted by atomic mass is 16.5. The molecule has 1 aliphatic heterocycles. The number of nitrogens with zero attached hydrogens (tertiary/aromatic N) is 2. The van der Waals surface area contributed by atoms with Gasteiger partial charge in [-0.15, -0.1) is 0 Å². The van der Waals surface area contributed by atoms with Crippen molar-refractivity contribution in [3.63, 3.8) is 0 Å². The highest BCUT2D eigenvalue weighted by Gasteiger charge is 2.16. The topological polar surface area (TPSA) is 76.1 Å². The first-order chi connectivity index (χ1) is 12.1. The number of anilines is 2. The van der Waals surface area contributed by atoms with E-state index in [1.807, 2.05) is 24.3 Å². The molecule has 6 heteroatoms. The van der Waals surface area contributed by atoms with Gasteiger partial charge in [0.25, 0.3) is 5.91 Å². The summed E-state index contributed by atoms with van der Waals surface area (Å²) < 4.78 is 5.55. The van der Waals surface area contributed by atoms with E-state index in [4.69, 9.17) is 4.74 Å². The summed E-state index contributed by atoms with van der Waals surface area (Å²) in [7, 11) is 0. The normalized spacial score (nSPS) is 16.8. The van der Waals surface area contributed by atoms with Crippen molar-refractivity contribution in [3.8, 4) is 0 Å². The van der Waals surface area contributed by atoms with Gasteiger partial charge in [0, 0.05) is 31.2 Å². The molecule has 132 valence electrons. The number of carbonyl (C=O) groups excluding carboxylic acids is 1. The Morgan fingerprint density at radius 1 is 1.28 bits per heavy atom. The van der Waals surface area contributed by atoms with Crippen molar-refractivity contribution in [2.24, 2.45) is 0 Å². The monoisotopic (exact) mass is 340 g/mol. The standard InChI is InChI=1S/C19H24N4O2/c1-13(2)16-7-3-4-8-17(16)23-18(24)14-10-20-19(21-11-14)22-12-15-6-5-9-25-15/h3-4,7-8,10-11,13,15H,5-6,9,12H2,1-2H3,(H,23,24)(H,20,21,22). The molecular weight excluding hydrogens is 316 g/mol. The number of carbonyl (C=O) groups is 1. The van der Waals surface area contributed by atoms with Crippen LogP contribution in [-0.4, -0.2) is 35.1 Å². The fourth-order valence-corrected chi connectivity index (χ4v) is 2.86. The number of para-hydroxylation sites is 1. The van der Waals surface area contributed by atoms with E-state index in [1.54, 1.807) is 0 Å². The van der Waals surface area contributed by atoms with Crippen LogP contribution < -0.4 is 10.6 Å². The van der Waals surface area contributed by atoms with Crippen molar-refractivity contribution in [2.45, 2.75) is 38.7 Å². The van der Waals surface area contributed by atoms with Crippen LogP contribution in [0.4, 0.5) is 11.6 Å². The van der Waals surface area contributed by atoms with Gasteiger partial charge in [0.05, 0.1) is 11.7 Å². The van der Waals surface area contributed by atoms with Crippen LogP contribution in [-0.2, 0) is 4.74 Å². The van der Waals surface area contributed by atoms with Gasteiger partial charge in [0.15, 0.2) is 0 Å². The first kappa shape index (κ1) is 17.4. The van der Waals surface area contributed by atoms with Crippen LogP contribution in [0.1, 0.15) is 48.5 Å². The Bertz CT molecular complexity index is 710. The van der Waals surface area contributed by atoms with E-state index in [9.17, 15) is 4.79 Å². The molecule has 6 nitrogen and oxygen atoms in total. The van der Waals surface area contributed by atoms with Gasteiger partial charge < -0.3 is 15.4 Å². The zero-order valence-electron chi connectivity index (χ0n) is 14.7. The summed E-state index contributed by atoms with van der Waals surface area (Å²) in [4.78, 5) is 20.9. The molecule has 1 atom stereocenters. The molecule has 3 rings (SSSR count). The number of rotatable bonds is 6. The maximum atomic E-state index is 12.4. The van der Waals surface area contributed by atoms with Crippen LogP contribution in [0.2, 0.25) is 0 Å². The van der Waals surface area contributed by atoms with Gasteiger partial charge in [-0.3, -0.25) is 4.79 Å². The third-order valence-corrected chi connectivity index (χ3v) is 4.26. The van der Waals surface area contributed by atoms with Gasteiger partial charge in [-0.25, -0.2) is 9.97 Å². The predicted molar refractivity (Wildman–Crippen MR) is 98.0 cm³/mol. The molecule has 1 amide bonds. The Hall–Kier alpha value is -2.47. The van der Waals surface area contributed by atoms with Crippen molar-refractivity contribution in [1.29, 1.82) is 0 Å².